The van der Waals surface area contributed by atoms with Crippen molar-refractivity contribution >= 4 is 5.91 Å². The minimum atomic E-state index is 0.165. The zero-order chi connectivity index (χ0) is 13.8. The maximum atomic E-state index is 12.2. The summed E-state index contributed by atoms with van der Waals surface area (Å²) in [5.74, 6) is 0.246. The van der Waals surface area contributed by atoms with Crippen molar-refractivity contribution in [3.63, 3.8) is 0 Å². The van der Waals surface area contributed by atoms with Gasteiger partial charge in [0.15, 0.2) is 0 Å². The Kier molecular flexibility index (Phi) is 4.59. The summed E-state index contributed by atoms with van der Waals surface area (Å²) in [6, 6.07) is 6.60. The average Bonchev–Trinajstić information content (AvgIpc) is 2.39. The Labute approximate surface area is 115 Å². The summed E-state index contributed by atoms with van der Waals surface area (Å²) in [6.45, 7) is 5.80. The highest BCUT2D eigenvalue weighted by Crippen LogP contribution is 2.15. The number of amides is 1. The van der Waals surface area contributed by atoms with Crippen LogP contribution in [0.15, 0.2) is 18.2 Å². The standard InChI is InChI=1S/C16H24N2O/c1-12-5-6-13(2)14(10-12)7-8-16(19)18-9-3-4-15(17)11-18/h5-6,10,15H,3-4,7-9,11,17H2,1-2H3. The minimum absolute atomic E-state index is 0.165. The van der Waals surface area contributed by atoms with E-state index in [-0.39, 0.29) is 11.9 Å². The second kappa shape index (κ2) is 6.20. The van der Waals surface area contributed by atoms with Crippen LogP contribution in [0.25, 0.3) is 0 Å². The number of benzene rings is 1. The Morgan fingerprint density at radius 1 is 1.42 bits per heavy atom. The molecule has 3 nitrogen and oxygen atoms in total. The van der Waals surface area contributed by atoms with Crippen molar-refractivity contribution in [3.8, 4) is 0 Å². The molecule has 1 amide bonds. The fourth-order valence-electron chi connectivity index (χ4n) is 2.71. The number of piperidine rings is 1. The maximum absolute atomic E-state index is 12.2. The molecule has 1 atom stereocenters. The first kappa shape index (κ1) is 14.1. The molecule has 1 aromatic rings. The van der Waals surface area contributed by atoms with Crippen molar-refractivity contribution in [2.75, 3.05) is 13.1 Å². The molecule has 0 radical (unpaired) electrons. The number of hydrogen-bond donors (Lipinski definition) is 1. The number of rotatable bonds is 3. The van der Waals surface area contributed by atoms with Crippen LogP contribution in [0, 0.1) is 13.8 Å². The molecule has 19 heavy (non-hydrogen) atoms. The Hall–Kier alpha value is -1.35. The van der Waals surface area contributed by atoms with Gasteiger partial charge < -0.3 is 10.6 Å². The monoisotopic (exact) mass is 260 g/mol. The van der Waals surface area contributed by atoms with Crippen molar-refractivity contribution in [1.82, 2.24) is 4.90 Å². The van der Waals surface area contributed by atoms with Crippen molar-refractivity contribution in [3.05, 3.63) is 34.9 Å². The van der Waals surface area contributed by atoms with E-state index in [1.54, 1.807) is 0 Å². The Morgan fingerprint density at radius 2 is 2.21 bits per heavy atom. The van der Waals surface area contributed by atoms with Gasteiger partial charge in [-0.3, -0.25) is 4.79 Å². The van der Waals surface area contributed by atoms with Crippen LogP contribution in [0.4, 0.5) is 0 Å². The van der Waals surface area contributed by atoms with E-state index in [0.29, 0.717) is 6.42 Å². The molecule has 3 heteroatoms. The summed E-state index contributed by atoms with van der Waals surface area (Å²) in [4.78, 5) is 14.1. The number of carbonyl (C=O) groups excluding carboxylic acids is 1. The first-order valence-corrected chi connectivity index (χ1v) is 7.16. The molecule has 0 aliphatic carbocycles. The lowest BCUT2D eigenvalue weighted by atomic mass is 10.0. The molecule has 1 aromatic carbocycles. The van der Waals surface area contributed by atoms with Gasteiger partial charge in [0.05, 0.1) is 0 Å². The molecule has 1 aliphatic heterocycles. The SMILES string of the molecule is Cc1ccc(C)c(CCC(=O)N2CCCC(N)C2)c1. The van der Waals surface area contributed by atoms with E-state index in [4.69, 9.17) is 5.73 Å². The molecule has 1 heterocycles. The summed E-state index contributed by atoms with van der Waals surface area (Å²) in [5.41, 5.74) is 9.74. The van der Waals surface area contributed by atoms with Crippen molar-refractivity contribution in [2.24, 2.45) is 5.73 Å². The van der Waals surface area contributed by atoms with Gasteiger partial charge in [0.2, 0.25) is 5.91 Å². The number of aryl methyl sites for hydroxylation is 3. The predicted molar refractivity (Wildman–Crippen MR) is 78.0 cm³/mol. The molecule has 1 aliphatic rings. The molecule has 1 saturated heterocycles. The molecule has 1 unspecified atom stereocenters. The minimum Gasteiger partial charge on any atom is -0.341 e. The largest absolute Gasteiger partial charge is 0.341 e. The van der Waals surface area contributed by atoms with Crippen LogP contribution in [-0.2, 0) is 11.2 Å². The predicted octanol–water partition coefficient (Wildman–Crippen LogP) is 2.19. The summed E-state index contributed by atoms with van der Waals surface area (Å²) in [6.07, 6.45) is 3.51. The number of nitrogens with two attached hydrogens (primary N) is 1. The molecule has 2 N–H and O–H groups in total. The fourth-order valence-corrected chi connectivity index (χ4v) is 2.71. The average molecular weight is 260 g/mol. The van der Waals surface area contributed by atoms with Crippen LogP contribution in [0.1, 0.15) is 36.0 Å². The second-order valence-electron chi connectivity index (χ2n) is 5.67. The van der Waals surface area contributed by atoms with E-state index in [1.807, 2.05) is 4.90 Å². The lowest BCUT2D eigenvalue weighted by Gasteiger charge is -2.30. The first-order valence-electron chi connectivity index (χ1n) is 7.16. The van der Waals surface area contributed by atoms with E-state index in [1.165, 1.54) is 16.7 Å². The molecule has 2 rings (SSSR count). The van der Waals surface area contributed by atoms with E-state index in [0.717, 1.165) is 32.4 Å². The van der Waals surface area contributed by atoms with E-state index >= 15 is 0 Å². The Bertz CT molecular complexity index is 456. The third kappa shape index (κ3) is 3.80. The Morgan fingerprint density at radius 3 is 2.95 bits per heavy atom. The van der Waals surface area contributed by atoms with Gasteiger partial charge in [0.1, 0.15) is 0 Å². The molecule has 0 bridgehead atoms. The zero-order valence-corrected chi connectivity index (χ0v) is 12.0. The number of likely N-dealkylation sites (tertiary alicyclic amines) is 1. The highest BCUT2D eigenvalue weighted by molar-refractivity contribution is 5.76. The number of carbonyl (C=O) groups is 1. The molecule has 0 aromatic heterocycles. The summed E-state index contributed by atoms with van der Waals surface area (Å²) < 4.78 is 0. The maximum Gasteiger partial charge on any atom is 0.222 e. The molecule has 104 valence electrons. The van der Waals surface area contributed by atoms with E-state index < -0.39 is 0 Å². The van der Waals surface area contributed by atoms with Crippen LogP contribution in [0.3, 0.4) is 0 Å². The summed E-state index contributed by atoms with van der Waals surface area (Å²) in [7, 11) is 0. The lowest BCUT2D eigenvalue weighted by Crippen LogP contribution is -2.45. The van der Waals surface area contributed by atoms with Gasteiger partial charge in [-0.2, -0.15) is 0 Å². The number of nitrogens with zero attached hydrogens (tertiary/aromatic N) is 1. The van der Waals surface area contributed by atoms with Crippen LogP contribution in [-0.4, -0.2) is 29.9 Å². The van der Waals surface area contributed by atoms with Crippen LogP contribution >= 0.6 is 0 Å². The van der Waals surface area contributed by atoms with Crippen LogP contribution in [0.5, 0.6) is 0 Å². The van der Waals surface area contributed by atoms with Gasteiger partial charge in [0, 0.05) is 25.6 Å². The van der Waals surface area contributed by atoms with Gasteiger partial charge in [-0.25, -0.2) is 0 Å². The topological polar surface area (TPSA) is 46.3 Å². The second-order valence-corrected chi connectivity index (χ2v) is 5.67. The van der Waals surface area contributed by atoms with Crippen LogP contribution in [0.2, 0.25) is 0 Å². The van der Waals surface area contributed by atoms with Crippen molar-refractivity contribution in [1.29, 1.82) is 0 Å². The normalized spacial score (nSPS) is 19.5. The molecule has 0 saturated carbocycles. The Balaban J connectivity index is 1.91. The van der Waals surface area contributed by atoms with Gasteiger partial charge >= 0.3 is 0 Å². The molecule has 1 fully saturated rings. The molecule has 0 spiro atoms. The zero-order valence-electron chi connectivity index (χ0n) is 12.0. The van der Waals surface area contributed by atoms with E-state index in [2.05, 4.69) is 32.0 Å². The number of hydrogen-bond acceptors (Lipinski definition) is 2. The smallest absolute Gasteiger partial charge is 0.222 e. The van der Waals surface area contributed by atoms with Gasteiger partial charge in [-0.1, -0.05) is 23.8 Å². The van der Waals surface area contributed by atoms with Gasteiger partial charge in [0.25, 0.3) is 0 Å². The highest BCUT2D eigenvalue weighted by atomic mass is 16.2. The molecular formula is C16H24N2O. The van der Waals surface area contributed by atoms with Crippen LogP contribution < -0.4 is 5.73 Å². The lowest BCUT2D eigenvalue weighted by molar-refractivity contribution is -0.132. The fraction of sp³-hybridized carbons (Fsp3) is 0.562. The third-order valence-corrected chi connectivity index (χ3v) is 3.92. The quantitative estimate of drug-likeness (QED) is 0.905. The summed E-state index contributed by atoms with van der Waals surface area (Å²) in [5, 5.41) is 0. The first-order chi connectivity index (χ1) is 9.06. The third-order valence-electron chi connectivity index (χ3n) is 3.92. The van der Waals surface area contributed by atoms with E-state index in [9.17, 15) is 4.79 Å². The van der Waals surface area contributed by atoms with Crippen molar-refractivity contribution < 1.29 is 4.79 Å². The van der Waals surface area contributed by atoms with Gasteiger partial charge in [-0.05, 0) is 44.2 Å². The summed E-state index contributed by atoms with van der Waals surface area (Å²) >= 11 is 0. The van der Waals surface area contributed by atoms with Crippen molar-refractivity contribution in [2.45, 2.75) is 45.6 Å². The molecular weight excluding hydrogens is 236 g/mol. The van der Waals surface area contributed by atoms with Gasteiger partial charge in [-0.15, -0.1) is 0 Å². The highest BCUT2D eigenvalue weighted by Gasteiger charge is 2.20.